The SMILES string of the molecule is N[C@]12CCCCC[C@H]1CC2=O. The molecular weight excluding hydrogens is 138 g/mol. The summed E-state index contributed by atoms with van der Waals surface area (Å²) >= 11 is 0. The Hall–Kier alpha value is -0.370. The normalized spacial score (nSPS) is 44.1. The number of hydrogen-bond donors (Lipinski definition) is 1. The number of fused-ring (bicyclic) bond motifs is 1. The van der Waals surface area contributed by atoms with Gasteiger partial charge in [-0.2, -0.15) is 0 Å². The standard InChI is InChI=1S/C9H15NO/c10-9-5-3-1-2-4-7(9)6-8(9)11/h7H,1-6,10H2/t7-,9+/m0/s1. The monoisotopic (exact) mass is 153 g/mol. The first-order chi connectivity index (χ1) is 5.23. The Bertz CT molecular complexity index is 190. The van der Waals surface area contributed by atoms with Crippen LogP contribution < -0.4 is 5.73 Å². The van der Waals surface area contributed by atoms with Gasteiger partial charge in [-0.1, -0.05) is 19.3 Å². The zero-order valence-electron chi connectivity index (χ0n) is 6.81. The molecule has 0 amide bonds. The topological polar surface area (TPSA) is 43.1 Å². The number of Topliss-reactive ketones (excluding diaryl/α,β-unsaturated/α-hetero) is 1. The van der Waals surface area contributed by atoms with Crippen LogP contribution in [0.4, 0.5) is 0 Å². The molecule has 0 saturated heterocycles. The predicted molar refractivity (Wildman–Crippen MR) is 43.1 cm³/mol. The van der Waals surface area contributed by atoms with Crippen molar-refractivity contribution in [1.82, 2.24) is 0 Å². The molecule has 0 aromatic heterocycles. The van der Waals surface area contributed by atoms with Crippen molar-refractivity contribution < 1.29 is 4.79 Å². The van der Waals surface area contributed by atoms with Crippen LogP contribution in [0.15, 0.2) is 0 Å². The van der Waals surface area contributed by atoms with Crippen molar-refractivity contribution in [3.8, 4) is 0 Å². The third kappa shape index (κ3) is 0.924. The van der Waals surface area contributed by atoms with Crippen molar-refractivity contribution in [2.24, 2.45) is 11.7 Å². The van der Waals surface area contributed by atoms with Gasteiger partial charge >= 0.3 is 0 Å². The molecule has 2 nitrogen and oxygen atoms in total. The van der Waals surface area contributed by atoms with E-state index in [1.165, 1.54) is 19.3 Å². The second-order valence-electron chi connectivity index (χ2n) is 3.96. The van der Waals surface area contributed by atoms with Gasteiger partial charge in [0.25, 0.3) is 0 Å². The summed E-state index contributed by atoms with van der Waals surface area (Å²) < 4.78 is 0. The molecule has 0 unspecified atom stereocenters. The van der Waals surface area contributed by atoms with Gasteiger partial charge in [-0.3, -0.25) is 4.79 Å². The smallest absolute Gasteiger partial charge is 0.153 e. The van der Waals surface area contributed by atoms with Gasteiger partial charge in [0.05, 0.1) is 5.54 Å². The summed E-state index contributed by atoms with van der Waals surface area (Å²) in [6, 6.07) is 0. The lowest BCUT2D eigenvalue weighted by Gasteiger charge is -2.44. The molecule has 2 saturated carbocycles. The third-order valence-corrected chi connectivity index (χ3v) is 3.32. The molecule has 2 aliphatic carbocycles. The van der Waals surface area contributed by atoms with E-state index >= 15 is 0 Å². The number of carbonyl (C=O) groups is 1. The van der Waals surface area contributed by atoms with Gasteiger partial charge in [0.15, 0.2) is 5.78 Å². The molecule has 0 aromatic carbocycles. The number of carbonyl (C=O) groups excluding carboxylic acids is 1. The highest BCUT2D eigenvalue weighted by Gasteiger charge is 2.51. The summed E-state index contributed by atoms with van der Waals surface area (Å²) in [5.41, 5.74) is 5.62. The second kappa shape index (κ2) is 2.31. The average molecular weight is 153 g/mol. The highest BCUT2D eigenvalue weighted by molar-refractivity contribution is 5.95. The lowest BCUT2D eigenvalue weighted by molar-refractivity contribution is -0.137. The van der Waals surface area contributed by atoms with E-state index in [1.807, 2.05) is 0 Å². The summed E-state index contributed by atoms with van der Waals surface area (Å²) in [6.07, 6.45) is 6.58. The average Bonchev–Trinajstić information content (AvgIpc) is 2.13. The van der Waals surface area contributed by atoms with E-state index in [-0.39, 0.29) is 5.54 Å². The maximum Gasteiger partial charge on any atom is 0.153 e. The highest BCUT2D eigenvalue weighted by Crippen LogP contribution is 2.42. The van der Waals surface area contributed by atoms with Crippen molar-refractivity contribution in [3.05, 3.63) is 0 Å². The van der Waals surface area contributed by atoms with Crippen LogP contribution in [0.3, 0.4) is 0 Å². The largest absolute Gasteiger partial charge is 0.319 e. The van der Waals surface area contributed by atoms with Crippen molar-refractivity contribution in [1.29, 1.82) is 0 Å². The van der Waals surface area contributed by atoms with Crippen LogP contribution >= 0.6 is 0 Å². The van der Waals surface area contributed by atoms with Crippen molar-refractivity contribution in [3.63, 3.8) is 0 Å². The van der Waals surface area contributed by atoms with Gasteiger partial charge in [-0.15, -0.1) is 0 Å². The van der Waals surface area contributed by atoms with Crippen LogP contribution in [0.1, 0.15) is 38.5 Å². The third-order valence-electron chi connectivity index (χ3n) is 3.32. The first-order valence-electron chi connectivity index (χ1n) is 4.56. The molecule has 0 aliphatic heterocycles. The molecule has 0 heterocycles. The van der Waals surface area contributed by atoms with Gasteiger partial charge in [0.2, 0.25) is 0 Å². The molecule has 0 spiro atoms. The van der Waals surface area contributed by atoms with Crippen LogP contribution in [0.5, 0.6) is 0 Å². The Kier molecular flexibility index (Phi) is 1.53. The number of ketones is 1. The van der Waals surface area contributed by atoms with E-state index in [0.717, 1.165) is 19.3 Å². The van der Waals surface area contributed by atoms with Gasteiger partial charge in [0.1, 0.15) is 0 Å². The lowest BCUT2D eigenvalue weighted by Crippen LogP contribution is -2.62. The zero-order chi connectivity index (χ0) is 7.90. The van der Waals surface area contributed by atoms with Gasteiger partial charge in [0, 0.05) is 6.42 Å². The molecule has 62 valence electrons. The van der Waals surface area contributed by atoms with Crippen molar-refractivity contribution in [2.75, 3.05) is 0 Å². The molecule has 2 heteroatoms. The summed E-state index contributed by atoms with van der Waals surface area (Å²) in [5, 5.41) is 0. The molecule has 2 N–H and O–H groups in total. The minimum Gasteiger partial charge on any atom is -0.319 e. The molecule has 2 atom stereocenters. The second-order valence-corrected chi connectivity index (χ2v) is 3.96. The fourth-order valence-electron chi connectivity index (χ4n) is 2.38. The Morgan fingerprint density at radius 1 is 1.36 bits per heavy atom. The van der Waals surface area contributed by atoms with Gasteiger partial charge in [-0.25, -0.2) is 0 Å². The minimum atomic E-state index is -0.378. The fourth-order valence-corrected chi connectivity index (χ4v) is 2.38. The van der Waals surface area contributed by atoms with E-state index in [1.54, 1.807) is 0 Å². The summed E-state index contributed by atoms with van der Waals surface area (Å²) in [7, 11) is 0. The van der Waals surface area contributed by atoms with E-state index in [0.29, 0.717) is 11.7 Å². The molecule has 0 radical (unpaired) electrons. The van der Waals surface area contributed by atoms with E-state index in [4.69, 9.17) is 5.73 Å². The molecule has 2 rings (SSSR count). The van der Waals surface area contributed by atoms with Crippen molar-refractivity contribution in [2.45, 2.75) is 44.1 Å². The van der Waals surface area contributed by atoms with E-state index in [9.17, 15) is 4.79 Å². The Labute approximate surface area is 67.1 Å². The first-order valence-corrected chi connectivity index (χ1v) is 4.56. The molecule has 0 aromatic rings. The van der Waals surface area contributed by atoms with Crippen LogP contribution in [-0.2, 0) is 4.79 Å². The summed E-state index contributed by atoms with van der Waals surface area (Å²) in [5.74, 6) is 0.835. The van der Waals surface area contributed by atoms with Crippen molar-refractivity contribution >= 4 is 5.78 Å². The molecule has 0 bridgehead atoms. The minimum absolute atomic E-state index is 0.310. The predicted octanol–water partition coefficient (Wildman–Crippen LogP) is 1.24. The van der Waals surface area contributed by atoms with Gasteiger partial charge in [-0.05, 0) is 18.8 Å². The maximum atomic E-state index is 11.2. The molecule has 11 heavy (non-hydrogen) atoms. The quantitative estimate of drug-likeness (QED) is 0.569. The van der Waals surface area contributed by atoms with Crippen LogP contribution in [0.25, 0.3) is 0 Å². The zero-order valence-corrected chi connectivity index (χ0v) is 6.81. The van der Waals surface area contributed by atoms with Crippen LogP contribution in [-0.4, -0.2) is 11.3 Å². The first kappa shape index (κ1) is 7.29. The number of hydrogen-bond acceptors (Lipinski definition) is 2. The fraction of sp³-hybridized carbons (Fsp3) is 0.889. The molecule has 2 aliphatic rings. The number of nitrogens with two attached hydrogens (primary N) is 1. The molecular formula is C9H15NO. The maximum absolute atomic E-state index is 11.2. The Balaban J connectivity index is 2.13. The summed E-state index contributed by atoms with van der Waals surface area (Å²) in [6.45, 7) is 0. The highest BCUT2D eigenvalue weighted by atomic mass is 16.1. The van der Waals surface area contributed by atoms with E-state index in [2.05, 4.69) is 0 Å². The van der Waals surface area contributed by atoms with Crippen LogP contribution in [0.2, 0.25) is 0 Å². The molecule has 2 fully saturated rings. The van der Waals surface area contributed by atoms with E-state index < -0.39 is 0 Å². The van der Waals surface area contributed by atoms with Crippen LogP contribution in [0, 0.1) is 5.92 Å². The summed E-state index contributed by atoms with van der Waals surface area (Å²) in [4.78, 5) is 11.2. The number of rotatable bonds is 0. The Morgan fingerprint density at radius 2 is 2.18 bits per heavy atom. The van der Waals surface area contributed by atoms with Gasteiger partial charge < -0.3 is 5.73 Å². The Morgan fingerprint density at radius 3 is 2.91 bits per heavy atom. The lowest BCUT2D eigenvalue weighted by atomic mass is 9.63.